The first-order valence-electron chi connectivity index (χ1n) is 13.8. The molecule has 220 valence electrons. The van der Waals surface area contributed by atoms with Gasteiger partial charge in [0.25, 0.3) is 5.91 Å². The summed E-state index contributed by atoms with van der Waals surface area (Å²) in [7, 11) is 4.90. The highest BCUT2D eigenvalue weighted by Crippen LogP contribution is 2.26. The molecule has 2 heterocycles. The molecule has 9 nitrogen and oxygen atoms in total. The number of piperazine rings is 1. The molecule has 3 amide bonds. The van der Waals surface area contributed by atoms with Gasteiger partial charge in [-0.05, 0) is 49.6 Å². The number of piperidine rings is 1. The first-order chi connectivity index (χ1) is 19.7. The SMILES string of the molecule is CO/N=C(\CN(C)C(=O)c1cc(Cl)cc(Cl)c1)C(CCN1CCC(N2CC(=O)N(C)CC2=O)CC1)c1ccccc1. The van der Waals surface area contributed by atoms with E-state index in [9.17, 15) is 14.4 Å². The fourth-order valence-corrected chi connectivity index (χ4v) is 6.11. The predicted octanol–water partition coefficient (Wildman–Crippen LogP) is 4.01. The molecular weight excluding hydrogens is 565 g/mol. The number of likely N-dealkylation sites (tertiary alicyclic amines) is 1. The van der Waals surface area contributed by atoms with Gasteiger partial charge in [-0.15, -0.1) is 0 Å². The second-order valence-electron chi connectivity index (χ2n) is 10.7. The Labute approximate surface area is 251 Å². The molecule has 11 heteroatoms. The van der Waals surface area contributed by atoms with E-state index >= 15 is 0 Å². The average molecular weight is 603 g/mol. The molecule has 2 fully saturated rings. The molecule has 2 aromatic rings. The summed E-state index contributed by atoms with van der Waals surface area (Å²) in [6, 6.07) is 15.0. The Balaban J connectivity index is 1.42. The summed E-state index contributed by atoms with van der Waals surface area (Å²) in [4.78, 5) is 50.5. The second-order valence-corrected chi connectivity index (χ2v) is 11.6. The summed E-state index contributed by atoms with van der Waals surface area (Å²) in [5.41, 5.74) is 2.23. The minimum absolute atomic E-state index is 0.00963. The minimum atomic E-state index is -0.218. The van der Waals surface area contributed by atoms with Gasteiger partial charge in [0, 0.05) is 54.8 Å². The highest BCUT2D eigenvalue weighted by molar-refractivity contribution is 6.35. The van der Waals surface area contributed by atoms with Crippen molar-refractivity contribution in [2.45, 2.75) is 31.2 Å². The van der Waals surface area contributed by atoms with Crippen LogP contribution in [0.1, 0.15) is 41.1 Å². The molecule has 4 rings (SSSR count). The average Bonchev–Trinajstić information content (AvgIpc) is 2.95. The Hall–Kier alpha value is -3.14. The van der Waals surface area contributed by atoms with Crippen LogP contribution in [0, 0.1) is 0 Å². The van der Waals surface area contributed by atoms with Crippen molar-refractivity contribution in [2.24, 2.45) is 5.16 Å². The Morgan fingerprint density at radius 3 is 2.34 bits per heavy atom. The van der Waals surface area contributed by atoms with Crippen LogP contribution in [0.25, 0.3) is 0 Å². The third-order valence-corrected chi connectivity index (χ3v) is 8.26. The summed E-state index contributed by atoms with van der Waals surface area (Å²) in [5.74, 6) is -0.286. The zero-order chi connectivity index (χ0) is 29.5. The molecule has 0 saturated carbocycles. The molecular formula is C30H37Cl2N5O4. The van der Waals surface area contributed by atoms with Crippen molar-refractivity contribution >= 4 is 46.6 Å². The number of oxime groups is 1. The van der Waals surface area contributed by atoms with Gasteiger partial charge in [0.2, 0.25) is 11.8 Å². The van der Waals surface area contributed by atoms with E-state index in [4.69, 9.17) is 28.0 Å². The molecule has 0 radical (unpaired) electrons. The van der Waals surface area contributed by atoms with Crippen molar-refractivity contribution < 1.29 is 19.2 Å². The number of halogens is 2. The van der Waals surface area contributed by atoms with Crippen LogP contribution in [0.3, 0.4) is 0 Å². The Morgan fingerprint density at radius 2 is 1.71 bits per heavy atom. The van der Waals surface area contributed by atoms with E-state index in [0.717, 1.165) is 50.2 Å². The summed E-state index contributed by atoms with van der Waals surface area (Å²) in [5, 5.41) is 5.18. The fourth-order valence-electron chi connectivity index (χ4n) is 5.58. The number of carbonyl (C=O) groups is 3. The second kappa shape index (κ2) is 14.2. The smallest absolute Gasteiger partial charge is 0.254 e. The van der Waals surface area contributed by atoms with Crippen LogP contribution in [0.4, 0.5) is 0 Å². The maximum absolute atomic E-state index is 13.2. The molecule has 2 aliphatic rings. The zero-order valence-corrected chi connectivity index (χ0v) is 25.3. The van der Waals surface area contributed by atoms with Gasteiger partial charge >= 0.3 is 0 Å². The first-order valence-corrected chi connectivity index (χ1v) is 14.5. The Kier molecular flexibility index (Phi) is 10.6. The van der Waals surface area contributed by atoms with Gasteiger partial charge in [-0.25, -0.2) is 0 Å². The van der Waals surface area contributed by atoms with Gasteiger partial charge in [0.1, 0.15) is 13.7 Å². The molecule has 1 atom stereocenters. The van der Waals surface area contributed by atoms with Gasteiger partial charge in [-0.2, -0.15) is 0 Å². The van der Waals surface area contributed by atoms with Crippen molar-refractivity contribution in [3.05, 3.63) is 69.7 Å². The lowest BCUT2D eigenvalue weighted by atomic mass is 9.89. The molecule has 0 N–H and O–H groups in total. The van der Waals surface area contributed by atoms with Crippen molar-refractivity contribution in [3.63, 3.8) is 0 Å². The summed E-state index contributed by atoms with van der Waals surface area (Å²) >= 11 is 12.3. The molecule has 1 unspecified atom stereocenters. The third kappa shape index (κ3) is 7.99. The molecule has 0 bridgehead atoms. The highest BCUT2D eigenvalue weighted by atomic mass is 35.5. The number of likely N-dealkylation sites (N-methyl/N-ethyl adjacent to an activating group) is 1. The van der Waals surface area contributed by atoms with Crippen LogP contribution in [-0.2, 0) is 14.4 Å². The van der Waals surface area contributed by atoms with Crippen LogP contribution in [0.5, 0.6) is 0 Å². The van der Waals surface area contributed by atoms with E-state index in [1.807, 2.05) is 18.2 Å². The number of hydrogen-bond acceptors (Lipinski definition) is 6. The number of carbonyl (C=O) groups excluding carboxylic acids is 3. The molecule has 0 aliphatic carbocycles. The van der Waals surface area contributed by atoms with Crippen LogP contribution in [-0.4, -0.2) is 110 Å². The van der Waals surface area contributed by atoms with Crippen molar-refractivity contribution in [1.82, 2.24) is 19.6 Å². The monoisotopic (exact) mass is 601 g/mol. The lowest BCUT2D eigenvalue weighted by Gasteiger charge is -2.41. The largest absolute Gasteiger partial charge is 0.399 e. The van der Waals surface area contributed by atoms with Gasteiger partial charge in [-0.1, -0.05) is 58.7 Å². The van der Waals surface area contributed by atoms with E-state index < -0.39 is 0 Å². The van der Waals surface area contributed by atoms with E-state index in [1.54, 1.807) is 42.1 Å². The number of nitrogens with zero attached hydrogens (tertiary/aromatic N) is 5. The Morgan fingerprint density at radius 1 is 1.05 bits per heavy atom. The van der Waals surface area contributed by atoms with Crippen molar-refractivity contribution in [3.8, 4) is 0 Å². The Bertz CT molecular complexity index is 1250. The summed E-state index contributed by atoms with van der Waals surface area (Å²) in [6.07, 6.45) is 2.43. The third-order valence-electron chi connectivity index (χ3n) is 7.82. The predicted molar refractivity (Wildman–Crippen MR) is 160 cm³/mol. The van der Waals surface area contributed by atoms with Crippen molar-refractivity contribution in [1.29, 1.82) is 0 Å². The maximum Gasteiger partial charge on any atom is 0.254 e. The van der Waals surface area contributed by atoms with Crippen molar-refractivity contribution in [2.75, 3.05) is 60.5 Å². The highest BCUT2D eigenvalue weighted by Gasteiger charge is 2.34. The molecule has 2 saturated heterocycles. The molecule has 2 aromatic carbocycles. The van der Waals surface area contributed by atoms with Gasteiger partial charge in [-0.3, -0.25) is 14.4 Å². The maximum atomic E-state index is 13.2. The normalized spacial score (nSPS) is 18.0. The number of benzene rings is 2. The number of hydrogen-bond donors (Lipinski definition) is 0. The quantitative estimate of drug-likeness (QED) is 0.303. The summed E-state index contributed by atoms with van der Waals surface area (Å²) < 4.78 is 0. The minimum Gasteiger partial charge on any atom is -0.399 e. The van der Waals surface area contributed by atoms with Crippen LogP contribution in [0.15, 0.2) is 53.7 Å². The first kappa shape index (κ1) is 30.8. The van der Waals surface area contributed by atoms with Gasteiger partial charge in [0.15, 0.2) is 0 Å². The van der Waals surface area contributed by atoms with E-state index in [1.165, 1.54) is 12.0 Å². The number of rotatable bonds is 10. The van der Waals surface area contributed by atoms with E-state index in [2.05, 4.69) is 22.2 Å². The van der Waals surface area contributed by atoms with Crippen LogP contribution in [0.2, 0.25) is 10.0 Å². The van der Waals surface area contributed by atoms with Crippen LogP contribution >= 0.6 is 23.2 Å². The number of amides is 3. The zero-order valence-electron chi connectivity index (χ0n) is 23.8. The fraction of sp³-hybridized carbons (Fsp3) is 0.467. The summed E-state index contributed by atoms with van der Waals surface area (Å²) in [6.45, 7) is 3.07. The topological polar surface area (TPSA) is 85.8 Å². The van der Waals surface area contributed by atoms with Gasteiger partial charge in [0.05, 0.1) is 18.8 Å². The van der Waals surface area contributed by atoms with Gasteiger partial charge < -0.3 is 24.4 Å². The molecule has 41 heavy (non-hydrogen) atoms. The standard InChI is InChI=1S/C30H37Cl2N5O4/c1-34-19-29(39)37(20-28(34)38)25-9-12-36(13-10-25)14-11-26(21-7-5-4-6-8-21)27(33-41-3)18-35(2)30(40)22-15-23(31)17-24(32)16-22/h4-8,15-17,25-26H,9-14,18-20H2,1-3H3/b33-27+. The van der Waals surface area contributed by atoms with Crippen LogP contribution < -0.4 is 0 Å². The van der Waals surface area contributed by atoms with E-state index in [0.29, 0.717) is 15.6 Å². The van der Waals surface area contributed by atoms with E-state index in [-0.39, 0.29) is 49.3 Å². The lowest BCUT2D eigenvalue weighted by Crippen LogP contribution is -2.57. The molecule has 0 aromatic heterocycles. The lowest BCUT2D eigenvalue weighted by molar-refractivity contribution is -0.151. The molecule has 2 aliphatic heterocycles. The molecule has 0 spiro atoms.